The fraction of sp³-hybridized carbons (Fsp3) is 0.364. The first-order chi connectivity index (χ1) is 8.04. The number of aromatic nitrogens is 1. The molecule has 17 heavy (non-hydrogen) atoms. The van der Waals surface area contributed by atoms with Gasteiger partial charge < -0.3 is 16.4 Å². The van der Waals surface area contributed by atoms with Crippen LogP contribution in [-0.4, -0.2) is 24.1 Å². The van der Waals surface area contributed by atoms with E-state index in [1.54, 1.807) is 0 Å². The van der Waals surface area contributed by atoms with E-state index in [0.29, 0.717) is 24.5 Å². The Kier molecular flexibility index (Phi) is 4.29. The minimum Gasteiger partial charge on any atom is -0.367 e. The first kappa shape index (κ1) is 12.8. The average Bonchev–Trinajstić information content (AvgIpc) is 2.23. The number of nitriles is 1. The van der Waals surface area contributed by atoms with Gasteiger partial charge in [-0.1, -0.05) is 0 Å². The molecular weight excluding hydrogens is 218 g/mol. The molecule has 1 heterocycles. The zero-order chi connectivity index (χ0) is 12.8. The Labute approximate surface area is 99.8 Å². The maximum Gasteiger partial charge on any atom is 0.312 e. The number of amides is 2. The van der Waals surface area contributed by atoms with Gasteiger partial charge in [0, 0.05) is 18.8 Å². The molecule has 0 aliphatic heterocycles. The molecule has 6 heteroatoms. The topological polar surface area (TPSA) is 104 Å². The number of pyridine rings is 1. The molecule has 2 amide bonds. The number of urea groups is 1. The normalized spacial score (nSPS) is 9.47. The van der Waals surface area contributed by atoms with Crippen LogP contribution in [0, 0.1) is 25.2 Å². The van der Waals surface area contributed by atoms with Crippen molar-refractivity contribution in [3.8, 4) is 6.07 Å². The number of carbonyl (C=O) groups excluding carboxylic acids is 1. The van der Waals surface area contributed by atoms with Crippen molar-refractivity contribution in [3.63, 3.8) is 0 Å². The molecule has 0 radical (unpaired) electrons. The summed E-state index contributed by atoms with van der Waals surface area (Å²) in [5.41, 5.74) is 7.17. The molecule has 0 bridgehead atoms. The van der Waals surface area contributed by atoms with E-state index in [4.69, 9.17) is 11.0 Å². The Morgan fingerprint density at radius 1 is 1.53 bits per heavy atom. The van der Waals surface area contributed by atoms with E-state index in [-0.39, 0.29) is 0 Å². The summed E-state index contributed by atoms with van der Waals surface area (Å²) in [4.78, 5) is 14.7. The minimum absolute atomic E-state index is 0.384. The van der Waals surface area contributed by atoms with Crippen molar-refractivity contribution in [2.75, 3.05) is 18.4 Å². The maximum absolute atomic E-state index is 10.5. The van der Waals surface area contributed by atoms with Crippen LogP contribution in [0.4, 0.5) is 10.6 Å². The lowest BCUT2D eigenvalue weighted by Crippen LogP contribution is -2.33. The zero-order valence-corrected chi connectivity index (χ0v) is 9.87. The highest BCUT2D eigenvalue weighted by Gasteiger charge is 2.07. The second-order valence-electron chi connectivity index (χ2n) is 3.63. The van der Waals surface area contributed by atoms with Crippen LogP contribution < -0.4 is 16.4 Å². The molecule has 0 saturated heterocycles. The molecule has 1 aromatic heterocycles. The van der Waals surface area contributed by atoms with Crippen molar-refractivity contribution in [1.29, 1.82) is 5.26 Å². The van der Waals surface area contributed by atoms with Crippen molar-refractivity contribution in [1.82, 2.24) is 10.3 Å². The van der Waals surface area contributed by atoms with Gasteiger partial charge in [0.15, 0.2) is 0 Å². The van der Waals surface area contributed by atoms with Crippen molar-refractivity contribution >= 4 is 11.8 Å². The third kappa shape index (κ3) is 3.65. The molecule has 0 aromatic carbocycles. The molecule has 0 aliphatic carbocycles. The monoisotopic (exact) mass is 233 g/mol. The molecule has 1 rings (SSSR count). The van der Waals surface area contributed by atoms with Gasteiger partial charge in [-0.3, -0.25) is 0 Å². The predicted molar refractivity (Wildman–Crippen MR) is 64.5 cm³/mol. The molecular formula is C11H15N5O. The number of nitrogens with one attached hydrogen (secondary N) is 2. The Bertz CT molecular complexity index is 464. The lowest BCUT2D eigenvalue weighted by molar-refractivity contribution is 0.249. The highest BCUT2D eigenvalue weighted by molar-refractivity contribution is 5.71. The first-order valence-corrected chi connectivity index (χ1v) is 5.20. The van der Waals surface area contributed by atoms with E-state index < -0.39 is 6.03 Å². The van der Waals surface area contributed by atoms with Crippen molar-refractivity contribution < 1.29 is 4.79 Å². The first-order valence-electron chi connectivity index (χ1n) is 5.20. The summed E-state index contributed by atoms with van der Waals surface area (Å²) in [5.74, 6) is 0.538. The van der Waals surface area contributed by atoms with E-state index in [1.807, 2.05) is 19.9 Å². The Balaban J connectivity index is 2.70. The molecule has 4 N–H and O–H groups in total. The Morgan fingerprint density at radius 2 is 2.24 bits per heavy atom. The average molecular weight is 233 g/mol. The zero-order valence-electron chi connectivity index (χ0n) is 9.87. The predicted octanol–water partition coefficient (Wildman–Crippen LogP) is 0.650. The maximum atomic E-state index is 10.5. The summed E-state index contributed by atoms with van der Waals surface area (Å²) < 4.78 is 0. The summed E-state index contributed by atoms with van der Waals surface area (Å²) in [6.45, 7) is 4.57. The van der Waals surface area contributed by atoms with Gasteiger partial charge >= 0.3 is 6.03 Å². The highest BCUT2D eigenvalue weighted by Crippen LogP contribution is 2.16. The minimum atomic E-state index is -0.569. The molecule has 1 aromatic rings. The summed E-state index contributed by atoms with van der Waals surface area (Å²) in [5, 5.41) is 14.5. The van der Waals surface area contributed by atoms with E-state index in [1.165, 1.54) is 0 Å². The number of nitrogens with zero attached hydrogens (tertiary/aromatic N) is 2. The number of anilines is 1. The summed E-state index contributed by atoms with van der Waals surface area (Å²) in [6.07, 6.45) is 0. The second kappa shape index (κ2) is 5.70. The second-order valence-corrected chi connectivity index (χ2v) is 3.63. The molecule has 0 spiro atoms. The quantitative estimate of drug-likeness (QED) is 0.664. The van der Waals surface area contributed by atoms with Gasteiger partial charge in [0.25, 0.3) is 0 Å². The van der Waals surface area contributed by atoms with Crippen molar-refractivity contribution in [3.05, 3.63) is 22.9 Å². The van der Waals surface area contributed by atoms with Crippen LogP contribution in [-0.2, 0) is 0 Å². The number of carbonyl (C=O) groups is 1. The van der Waals surface area contributed by atoms with Crippen LogP contribution in [0.15, 0.2) is 6.07 Å². The van der Waals surface area contributed by atoms with Crippen LogP contribution in [0.1, 0.15) is 16.8 Å². The molecule has 90 valence electrons. The smallest absolute Gasteiger partial charge is 0.312 e. The number of nitrogens with two attached hydrogens (primary N) is 1. The van der Waals surface area contributed by atoms with Gasteiger partial charge in [0.05, 0.1) is 5.56 Å². The van der Waals surface area contributed by atoms with E-state index >= 15 is 0 Å². The molecule has 0 aliphatic rings. The van der Waals surface area contributed by atoms with Crippen molar-refractivity contribution in [2.45, 2.75) is 13.8 Å². The molecule has 0 unspecified atom stereocenters. The number of aryl methyl sites for hydroxylation is 2. The third-order valence-electron chi connectivity index (χ3n) is 2.17. The lowest BCUT2D eigenvalue weighted by Gasteiger charge is -2.10. The fourth-order valence-electron chi connectivity index (χ4n) is 1.47. The van der Waals surface area contributed by atoms with Crippen LogP contribution >= 0.6 is 0 Å². The van der Waals surface area contributed by atoms with E-state index in [9.17, 15) is 4.79 Å². The summed E-state index contributed by atoms with van der Waals surface area (Å²) >= 11 is 0. The van der Waals surface area contributed by atoms with Crippen molar-refractivity contribution in [2.24, 2.45) is 5.73 Å². The lowest BCUT2D eigenvalue weighted by atomic mass is 10.1. The van der Waals surface area contributed by atoms with Gasteiger partial charge in [-0.05, 0) is 25.5 Å². The number of hydrogen-bond donors (Lipinski definition) is 3. The highest BCUT2D eigenvalue weighted by atomic mass is 16.2. The van der Waals surface area contributed by atoms with Gasteiger partial charge in [-0.25, -0.2) is 9.78 Å². The fourth-order valence-corrected chi connectivity index (χ4v) is 1.47. The molecule has 0 atom stereocenters. The molecule has 0 saturated carbocycles. The van der Waals surface area contributed by atoms with Gasteiger partial charge in [-0.2, -0.15) is 5.26 Å². The van der Waals surface area contributed by atoms with E-state index in [2.05, 4.69) is 21.7 Å². The summed E-state index contributed by atoms with van der Waals surface area (Å²) in [6, 6.07) is 3.39. The Morgan fingerprint density at radius 3 is 2.82 bits per heavy atom. The standard InChI is InChI=1S/C11H15N5O/c1-7-5-8(2)16-10(9(7)6-12)14-3-4-15-11(13)17/h5H,3-4H2,1-2H3,(H,14,16)(H3,13,15,17). The number of hydrogen-bond acceptors (Lipinski definition) is 4. The Hall–Kier alpha value is -2.29. The van der Waals surface area contributed by atoms with Crippen LogP contribution in [0.2, 0.25) is 0 Å². The van der Waals surface area contributed by atoms with E-state index in [0.717, 1.165) is 11.3 Å². The SMILES string of the molecule is Cc1cc(C)c(C#N)c(NCCNC(N)=O)n1. The van der Waals surface area contributed by atoms with Crippen LogP contribution in [0.5, 0.6) is 0 Å². The number of rotatable bonds is 4. The van der Waals surface area contributed by atoms with Crippen LogP contribution in [0.3, 0.4) is 0 Å². The van der Waals surface area contributed by atoms with Gasteiger partial charge in [0.1, 0.15) is 11.9 Å². The van der Waals surface area contributed by atoms with Gasteiger partial charge in [-0.15, -0.1) is 0 Å². The third-order valence-corrected chi connectivity index (χ3v) is 2.17. The number of primary amides is 1. The van der Waals surface area contributed by atoms with Gasteiger partial charge in [0.2, 0.25) is 0 Å². The molecule has 0 fully saturated rings. The van der Waals surface area contributed by atoms with Crippen LogP contribution in [0.25, 0.3) is 0 Å². The summed E-state index contributed by atoms with van der Waals surface area (Å²) in [7, 11) is 0. The molecule has 6 nitrogen and oxygen atoms in total. The largest absolute Gasteiger partial charge is 0.367 e.